The lowest BCUT2D eigenvalue weighted by atomic mass is 9.36. The maximum Gasteiger partial charge on any atom is 0.230 e. The molecule has 0 radical (unpaired) electrons. The highest BCUT2D eigenvalue weighted by Crippen LogP contribution is 2.68. The van der Waals surface area contributed by atoms with Crippen molar-refractivity contribution in [3.05, 3.63) is 23.3 Å². The zero-order valence-electron chi connectivity index (χ0n) is 26.3. The first kappa shape index (κ1) is 34.4. The second-order valence-electron chi connectivity index (χ2n) is 13.5. The fraction of sp³-hybridized carbons (Fsp3) is 0.688. The zero-order chi connectivity index (χ0) is 33.3. The summed E-state index contributed by atoms with van der Waals surface area (Å²) in [5.74, 6) is -8.89. The van der Waals surface area contributed by atoms with Crippen LogP contribution in [0, 0.1) is 34.5 Å². The third-order valence-corrected chi connectivity index (χ3v) is 12.0. The van der Waals surface area contributed by atoms with E-state index in [1.54, 1.807) is 39.8 Å². The number of aliphatic hydroxyl groups excluding tert-OH is 3. The fourth-order valence-corrected chi connectivity index (χ4v) is 9.51. The van der Waals surface area contributed by atoms with Gasteiger partial charge in [-0.2, -0.15) is 0 Å². The van der Waals surface area contributed by atoms with Gasteiger partial charge in [0.1, 0.15) is 17.8 Å². The van der Waals surface area contributed by atoms with Gasteiger partial charge in [-0.3, -0.25) is 19.2 Å². The maximum absolute atomic E-state index is 14.4. The number of nitrogens with two attached hydrogens (primary N) is 1. The standard InChI is InChI=1S/C32H46N2O9S/c1-8-10-17(28(41)44-9-2)34-16-12-11-15-14(5)30(6)21(23(36)18(15)22(16)35)26(39)32(43)25(38)19(27(33)40)24(37)20(13(3)4)31(32,7)29(30)42/h11-14,17,19-21,24,26,29,34-35,37,39,42-43H,8-10H2,1-7H3,(H2,33,40)/t14-,17?,19-,20+,21-,24?,26?,29-,30+,31+,32+/m1/s1. The molecule has 1 amide bonds. The van der Waals surface area contributed by atoms with Crippen molar-refractivity contribution in [2.24, 2.45) is 40.2 Å². The molecule has 12 heteroatoms. The Hall–Kier alpha value is -2.51. The predicted molar refractivity (Wildman–Crippen MR) is 165 cm³/mol. The number of rotatable bonds is 8. The summed E-state index contributed by atoms with van der Waals surface area (Å²) in [4.78, 5) is 53.5. The molecule has 3 unspecified atom stereocenters. The molecule has 0 saturated heterocycles. The van der Waals surface area contributed by atoms with Crippen LogP contribution in [0.15, 0.2) is 12.1 Å². The van der Waals surface area contributed by atoms with Gasteiger partial charge in [0.05, 0.1) is 35.4 Å². The van der Waals surface area contributed by atoms with Crippen molar-refractivity contribution < 1.29 is 44.7 Å². The fourth-order valence-electron chi connectivity index (χ4n) is 8.84. The number of phenols is 1. The molecule has 0 aliphatic heterocycles. The molecule has 1 aromatic rings. The highest BCUT2D eigenvalue weighted by Gasteiger charge is 2.80. The highest BCUT2D eigenvalue weighted by molar-refractivity contribution is 8.13. The molecule has 0 aromatic heterocycles. The number of thioether (sulfide) groups is 1. The van der Waals surface area contributed by atoms with Gasteiger partial charge in [0.2, 0.25) is 11.0 Å². The van der Waals surface area contributed by atoms with Crippen molar-refractivity contribution in [3.63, 3.8) is 0 Å². The van der Waals surface area contributed by atoms with E-state index in [9.17, 15) is 44.7 Å². The topological polar surface area (TPSA) is 207 Å². The van der Waals surface area contributed by atoms with Crippen LogP contribution < -0.4 is 11.1 Å². The lowest BCUT2D eigenvalue weighted by Gasteiger charge is -2.69. The number of phenolic OH excluding ortho intramolecular Hbond substituents is 1. The molecule has 2 saturated carbocycles. The molecule has 0 bridgehead atoms. The Bertz CT molecular complexity index is 1370. The normalized spacial score (nSPS) is 38.9. The first-order valence-corrected chi connectivity index (χ1v) is 16.3. The molecule has 11 nitrogen and oxygen atoms in total. The average Bonchev–Trinajstić information content (AvgIpc) is 2.94. The molecule has 4 rings (SSSR count). The van der Waals surface area contributed by atoms with Crippen LogP contribution in [-0.2, 0) is 14.4 Å². The van der Waals surface area contributed by atoms with Crippen molar-refractivity contribution >= 4 is 40.0 Å². The summed E-state index contributed by atoms with van der Waals surface area (Å²) in [5, 5.41) is 62.3. The quantitative estimate of drug-likeness (QED) is 0.162. The Labute approximate surface area is 262 Å². The molecular formula is C32H46N2O9S. The Balaban J connectivity index is 1.92. The Morgan fingerprint density at radius 1 is 1.11 bits per heavy atom. The molecule has 244 valence electrons. The van der Waals surface area contributed by atoms with Crippen LogP contribution in [0.25, 0.3) is 0 Å². The molecule has 44 heavy (non-hydrogen) atoms. The van der Waals surface area contributed by atoms with E-state index in [0.29, 0.717) is 24.2 Å². The van der Waals surface area contributed by atoms with E-state index in [2.05, 4.69) is 5.32 Å². The van der Waals surface area contributed by atoms with Crippen LogP contribution in [0.5, 0.6) is 5.75 Å². The van der Waals surface area contributed by atoms with Crippen molar-refractivity contribution in [2.75, 3.05) is 11.1 Å². The number of hydrogen-bond acceptors (Lipinski definition) is 11. The van der Waals surface area contributed by atoms with Gasteiger partial charge in [0.15, 0.2) is 17.2 Å². The predicted octanol–water partition coefficient (Wildman–Crippen LogP) is 1.96. The summed E-state index contributed by atoms with van der Waals surface area (Å²) < 4.78 is 0. The van der Waals surface area contributed by atoms with Gasteiger partial charge in [0.25, 0.3) is 0 Å². The third kappa shape index (κ3) is 4.39. The monoisotopic (exact) mass is 634 g/mol. The van der Waals surface area contributed by atoms with Crippen molar-refractivity contribution in [2.45, 2.75) is 97.2 Å². The van der Waals surface area contributed by atoms with Gasteiger partial charge < -0.3 is 36.6 Å². The number of fused-ring (bicyclic) bond motifs is 3. The molecule has 3 aliphatic carbocycles. The SMILES string of the molecule is CCCC(Nc1ccc2c(c1O)C(=O)[C@@H]1C(O)[C@@]3(O)C(=O)[C@H](C(N)=O)C(O)[C@H](C(C)C)[C@@]3(C)[C@H](O)[C@@]1(C)[C@@H]2C)C(=O)SCC. The van der Waals surface area contributed by atoms with Crippen LogP contribution >= 0.6 is 11.8 Å². The van der Waals surface area contributed by atoms with Crippen molar-refractivity contribution in [1.82, 2.24) is 0 Å². The maximum atomic E-state index is 14.4. The van der Waals surface area contributed by atoms with Crippen LogP contribution in [0.2, 0.25) is 0 Å². The summed E-state index contributed by atoms with van der Waals surface area (Å²) in [6.45, 7) is 11.9. The summed E-state index contributed by atoms with van der Waals surface area (Å²) in [6.07, 6.45) is -4.26. The number of ketones is 2. The molecule has 3 aliphatic rings. The number of aromatic hydroxyl groups is 1. The molecule has 8 N–H and O–H groups in total. The van der Waals surface area contributed by atoms with Crippen molar-refractivity contribution in [3.8, 4) is 5.75 Å². The Morgan fingerprint density at radius 2 is 1.73 bits per heavy atom. The van der Waals surface area contributed by atoms with E-state index >= 15 is 0 Å². The van der Waals surface area contributed by atoms with Crippen LogP contribution in [0.1, 0.15) is 83.1 Å². The number of nitrogens with one attached hydrogen (secondary N) is 1. The van der Waals surface area contributed by atoms with Crippen LogP contribution in [0.3, 0.4) is 0 Å². The second-order valence-corrected chi connectivity index (χ2v) is 14.8. The van der Waals surface area contributed by atoms with Gasteiger partial charge in [-0.1, -0.05) is 72.7 Å². The van der Waals surface area contributed by atoms with E-state index in [1.807, 2.05) is 13.8 Å². The van der Waals surface area contributed by atoms with E-state index in [-0.39, 0.29) is 16.4 Å². The first-order valence-electron chi connectivity index (χ1n) is 15.3. The van der Waals surface area contributed by atoms with E-state index in [0.717, 1.165) is 11.8 Å². The zero-order valence-corrected chi connectivity index (χ0v) is 27.1. The summed E-state index contributed by atoms with van der Waals surface area (Å²) >= 11 is 1.14. The molecule has 1 aromatic carbocycles. The van der Waals surface area contributed by atoms with E-state index in [1.165, 1.54) is 6.92 Å². The minimum Gasteiger partial charge on any atom is -0.505 e. The molecule has 0 heterocycles. The number of Topliss-reactive ketones (excluding diaryl/α,β-unsaturated/α-hetero) is 2. The number of benzene rings is 1. The summed E-state index contributed by atoms with van der Waals surface area (Å²) in [6, 6.07) is 2.57. The van der Waals surface area contributed by atoms with Crippen molar-refractivity contribution in [1.29, 1.82) is 0 Å². The molecule has 2 fully saturated rings. The number of aliphatic hydroxyl groups is 4. The first-order chi connectivity index (χ1) is 20.4. The van der Waals surface area contributed by atoms with Gasteiger partial charge in [-0.15, -0.1) is 0 Å². The molecular weight excluding hydrogens is 588 g/mol. The van der Waals surface area contributed by atoms with Gasteiger partial charge in [-0.25, -0.2) is 0 Å². The van der Waals surface area contributed by atoms with Crippen LogP contribution in [-0.4, -0.2) is 83.8 Å². The Kier molecular flexibility index (Phi) is 9.13. The van der Waals surface area contributed by atoms with Gasteiger partial charge in [0, 0.05) is 10.8 Å². The number of anilines is 1. The third-order valence-electron chi connectivity index (χ3n) is 11.1. The second kappa shape index (κ2) is 11.7. The van der Waals surface area contributed by atoms with Gasteiger partial charge in [-0.05, 0) is 41.6 Å². The minimum absolute atomic E-state index is 0.118. The number of primary amides is 1. The number of amides is 1. The average molecular weight is 635 g/mol. The lowest BCUT2D eigenvalue weighted by Crippen LogP contribution is -2.83. The number of carbonyl (C=O) groups excluding carboxylic acids is 4. The lowest BCUT2D eigenvalue weighted by molar-refractivity contribution is -0.306. The van der Waals surface area contributed by atoms with Crippen LogP contribution in [0.4, 0.5) is 5.69 Å². The Morgan fingerprint density at radius 3 is 2.25 bits per heavy atom. The highest BCUT2D eigenvalue weighted by atomic mass is 32.2. The minimum atomic E-state index is -2.85. The van der Waals surface area contributed by atoms with E-state index in [4.69, 9.17) is 5.73 Å². The summed E-state index contributed by atoms with van der Waals surface area (Å²) in [5.41, 5.74) is -0.357. The summed E-state index contributed by atoms with van der Waals surface area (Å²) in [7, 11) is 0. The number of carbonyl (C=O) groups is 4. The largest absolute Gasteiger partial charge is 0.505 e. The van der Waals surface area contributed by atoms with E-state index < -0.39 is 93.6 Å². The number of hydrogen-bond donors (Lipinski definition) is 7. The van der Waals surface area contributed by atoms with Gasteiger partial charge >= 0.3 is 0 Å². The smallest absolute Gasteiger partial charge is 0.230 e. The molecule has 0 spiro atoms. The molecule has 11 atom stereocenters.